The minimum absolute atomic E-state index is 0. The first kappa shape index (κ1) is 19.1. The van der Waals surface area contributed by atoms with Crippen LogP contribution in [0.2, 0.25) is 0 Å². The second-order valence-corrected chi connectivity index (χ2v) is 8.67. The number of nitrogens with zero attached hydrogens (tertiary/aromatic N) is 1. The molecule has 3 heterocycles. The highest BCUT2D eigenvalue weighted by Crippen LogP contribution is 2.78. The summed E-state index contributed by atoms with van der Waals surface area (Å²) in [5.41, 5.74) is 2.53. The molecule has 2 bridgehead atoms. The van der Waals surface area contributed by atoms with Crippen molar-refractivity contribution in [2.75, 3.05) is 25.5 Å². The highest BCUT2D eigenvalue weighted by atomic mass is 35.5. The van der Waals surface area contributed by atoms with E-state index < -0.39 is 0 Å². The molecule has 1 aromatic carbocycles. The normalized spacial score (nSPS) is 44.4. The summed E-state index contributed by atoms with van der Waals surface area (Å²) in [5.74, 6) is 0.277. The summed E-state index contributed by atoms with van der Waals surface area (Å²) in [6.45, 7) is 4.53. The Morgan fingerprint density at radius 3 is 2.85 bits per heavy atom. The van der Waals surface area contributed by atoms with Gasteiger partial charge < -0.3 is 10.1 Å². The van der Waals surface area contributed by atoms with Crippen molar-refractivity contribution >= 4 is 36.5 Å². The minimum atomic E-state index is -0.224. The fourth-order valence-corrected chi connectivity index (χ4v) is 7.93. The largest absolute Gasteiger partial charge is 0.469 e. The van der Waals surface area contributed by atoms with Crippen LogP contribution in [-0.4, -0.2) is 42.6 Å². The van der Waals surface area contributed by atoms with Crippen LogP contribution >= 0.6 is 24.8 Å². The number of carbonyl (C=O) groups excluding carboxylic acids is 1. The Bertz CT molecular complexity index is 845. The fourth-order valence-electron chi connectivity index (χ4n) is 7.93. The molecule has 2 aliphatic carbocycles. The lowest BCUT2D eigenvalue weighted by Crippen LogP contribution is -2.63. The molecule has 0 amide bonds. The van der Waals surface area contributed by atoms with E-state index in [1.54, 1.807) is 0 Å². The van der Waals surface area contributed by atoms with Crippen LogP contribution in [0.5, 0.6) is 0 Å². The Hall–Kier alpha value is -1.23. The van der Waals surface area contributed by atoms with E-state index >= 15 is 0 Å². The van der Waals surface area contributed by atoms with Crippen molar-refractivity contribution in [2.24, 2.45) is 17.3 Å². The number of methoxy groups -OCH3 is 1. The van der Waals surface area contributed by atoms with Gasteiger partial charge in [0.15, 0.2) is 0 Å². The summed E-state index contributed by atoms with van der Waals surface area (Å²) in [6, 6.07) is 9.25. The van der Waals surface area contributed by atoms with Gasteiger partial charge in [0.2, 0.25) is 0 Å². The van der Waals surface area contributed by atoms with Crippen LogP contribution in [0.4, 0.5) is 5.69 Å². The van der Waals surface area contributed by atoms with E-state index in [0.717, 1.165) is 25.9 Å². The second-order valence-electron chi connectivity index (χ2n) is 8.67. The highest BCUT2D eigenvalue weighted by Gasteiger charge is 2.85. The summed E-state index contributed by atoms with van der Waals surface area (Å²) in [4.78, 5) is 15.6. The summed E-state index contributed by atoms with van der Waals surface area (Å²) >= 11 is 0. The van der Waals surface area contributed by atoms with E-state index in [2.05, 4.69) is 53.6 Å². The molecule has 6 heteroatoms. The Kier molecular flexibility index (Phi) is 4.00. The topological polar surface area (TPSA) is 41.6 Å². The summed E-state index contributed by atoms with van der Waals surface area (Å²) in [5, 5.41) is 3.92. The number of hydrogen-bond donors (Lipinski definition) is 1. The molecule has 6 atom stereocenters. The number of anilines is 1. The van der Waals surface area contributed by atoms with E-state index in [1.165, 1.54) is 18.4 Å². The number of para-hydroxylation sites is 1. The number of carbonyl (C=O) groups is 1. The van der Waals surface area contributed by atoms with Gasteiger partial charge in [-0.05, 0) is 36.9 Å². The molecule has 6 rings (SSSR count). The molecular formula is C21H26Cl2N2O2. The van der Waals surface area contributed by atoms with Gasteiger partial charge in [-0.1, -0.05) is 37.3 Å². The smallest absolute Gasteiger partial charge is 0.311 e. The van der Waals surface area contributed by atoms with Gasteiger partial charge >= 0.3 is 5.97 Å². The van der Waals surface area contributed by atoms with Crippen molar-refractivity contribution in [3.05, 3.63) is 42.0 Å². The molecule has 3 spiro atoms. The lowest BCUT2D eigenvalue weighted by Gasteiger charge is -2.50. The number of benzene rings is 1. The van der Waals surface area contributed by atoms with Gasteiger partial charge in [0.25, 0.3) is 0 Å². The van der Waals surface area contributed by atoms with Crippen LogP contribution in [0.1, 0.15) is 25.3 Å². The first-order valence-electron chi connectivity index (χ1n) is 9.49. The Balaban J connectivity index is 0.000000900. The number of ether oxygens (including phenoxy) is 1. The molecule has 2 saturated carbocycles. The van der Waals surface area contributed by atoms with Gasteiger partial charge in [0.1, 0.15) is 0 Å². The zero-order chi connectivity index (χ0) is 17.0. The third-order valence-electron chi connectivity index (χ3n) is 8.47. The van der Waals surface area contributed by atoms with Crippen molar-refractivity contribution in [3.63, 3.8) is 0 Å². The van der Waals surface area contributed by atoms with Gasteiger partial charge in [-0.25, -0.2) is 0 Å². The van der Waals surface area contributed by atoms with Crippen LogP contribution in [-0.2, 0) is 14.9 Å². The quantitative estimate of drug-likeness (QED) is 0.570. The van der Waals surface area contributed by atoms with E-state index in [9.17, 15) is 4.79 Å². The molecule has 1 unspecified atom stereocenters. The van der Waals surface area contributed by atoms with Crippen molar-refractivity contribution < 1.29 is 9.53 Å². The minimum Gasteiger partial charge on any atom is -0.469 e. The molecular weight excluding hydrogens is 383 g/mol. The monoisotopic (exact) mass is 408 g/mol. The number of halogens is 2. The molecule has 1 saturated heterocycles. The summed E-state index contributed by atoms with van der Waals surface area (Å²) in [7, 11) is 1.54. The molecule has 3 aliphatic heterocycles. The van der Waals surface area contributed by atoms with Crippen molar-refractivity contribution in [2.45, 2.75) is 36.8 Å². The van der Waals surface area contributed by atoms with E-state index in [4.69, 9.17) is 4.74 Å². The molecule has 3 fully saturated rings. The standard InChI is InChI=1S/C21H24N2O2.2ClH/c1-13-19-8-5-10-23-11-9-20(18(19)23)14-6-3-4-7-16(14)22-21(13,20)15(12-19)17(24)25-2;;/h3-8,13,15,18,22H,9-12H2,1-2H3;2*1H/t13?,15-,18-,19-,20+,21+;;/m0../s1. The fraction of sp³-hybridized carbons (Fsp3) is 0.571. The maximum absolute atomic E-state index is 12.9. The van der Waals surface area contributed by atoms with E-state index in [-0.39, 0.29) is 53.1 Å². The van der Waals surface area contributed by atoms with Gasteiger partial charge in [0, 0.05) is 29.1 Å². The Labute approximate surface area is 172 Å². The molecule has 1 N–H and O–H groups in total. The number of esters is 1. The molecule has 1 aromatic rings. The number of hydrogen-bond acceptors (Lipinski definition) is 4. The lowest BCUT2D eigenvalue weighted by atomic mass is 9.57. The second kappa shape index (κ2) is 5.65. The molecule has 27 heavy (non-hydrogen) atoms. The molecule has 4 nitrogen and oxygen atoms in total. The predicted octanol–water partition coefficient (Wildman–Crippen LogP) is 3.41. The number of nitrogens with one attached hydrogen (secondary N) is 1. The van der Waals surface area contributed by atoms with E-state index in [0.29, 0.717) is 12.0 Å². The van der Waals surface area contributed by atoms with Crippen LogP contribution < -0.4 is 5.32 Å². The summed E-state index contributed by atoms with van der Waals surface area (Å²) in [6.07, 6.45) is 6.83. The van der Waals surface area contributed by atoms with Gasteiger partial charge in [0.05, 0.1) is 18.6 Å². The highest BCUT2D eigenvalue weighted by molar-refractivity contribution is 5.85. The third kappa shape index (κ3) is 1.67. The molecule has 0 aromatic heterocycles. The van der Waals surface area contributed by atoms with Crippen molar-refractivity contribution in [1.82, 2.24) is 4.90 Å². The van der Waals surface area contributed by atoms with Crippen LogP contribution in [0.25, 0.3) is 0 Å². The third-order valence-corrected chi connectivity index (χ3v) is 8.47. The van der Waals surface area contributed by atoms with Crippen LogP contribution in [0.3, 0.4) is 0 Å². The number of fused-ring (bicyclic) bond motifs is 1. The zero-order valence-corrected chi connectivity index (χ0v) is 17.2. The maximum Gasteiger partial charge on any atom is 0.311 e. The van der Waals surface area contributed by atoms with Crippen molar-refractivity contribution in [1.29, 1.82) is 0 Å². The predicted molar refractivity (Wildman–Crippen MR) is 110 cm³/mol. The van der Waals surface area contributed by atoms with Gasteiger partial charge in [-0.3, -0.25) is 9.69 Å². The summed E-state index contributed by atoms with van der Waals surface area (Å²) < 4.78 is 5.30. The zero-order valence-electron chi connectivity index (χ0n) is 15.6. The van der Waals surface area contributed by atoms with Gasteiger partial charge in [-0.2, -0.15) is 0 Å². The molecule has 146 valence electrons. The lowest BCUT2D eigenvalue weighted by molar-refractivity contribution is -0.149. The molecule has 0 radical (unpaired) electrons. The SMILES string of the molecule is COC(=O)[C@@H]1C[C@@]23C=CCN4CC[C@@]5(c6ccccc6N[C@]15C2C)[C@@H]43.Cl.Cl. The van der Waals surface area contributed by atoms with Crippen LogP contribution in [0.15, 0.2) is 36.4 Å². The Morgan fingerprint density at radius 1 is 1.30 bits per heavy atom. The first-order valence-corrected chi connectivity index (χ1v) is 9.49. The van der Waals surface area contributed by atoms with Crippen LogP contribution in [0, 0.1) is 17.3 Å². The first-order chi connectivity index (χ1) is 12.1. The Morgan fingerprint density at radius 2 is 2.07 bits per heavy atom. The molecule has 5 aliphatic rings. The average Bonchev–Trinajstić information content (AvgIpc) is 3.29. The number of rotatable bonds is 1. The van der Waals surface area contributed by atoms with E-state index in [1.807, 2.05) is 0 Å². The van der Waals surface area contributed by atoms with Gasteiger partial charge in [-0.15, -0.1) is 24.8 Å². The van der Waals surface area contributed by atoms with Crippen molar-refractivity contribution in [3.8, 4) is 0 Å². The average molecular weight is 409 g/mol. The maximum atomic E-state index is 12.9.